The van der Waals surface area contributed by atoms with Crippen molar-refractivity contribution >= 4 is 17.5 Å². The van der Waals surface area contributed by atoms with Gasteiger partial charge in [0.05, 0.1) is 6.07 Å². The first-order valence-electron chi connectivity index (χ1n) is 7.06. The summed E-state index contributed by atoms with van der Waals surface area (Å²) in [6.45, 7) is 1.85. The Morgan fingerprint density at radius 2 is 1.95 bits per heavy atom. The molecule has 0 atom stereocenters. The highest BCUT2D eigenvalue weighted by Crippen LogP contribution is 2.27. The van der Waals surface area contributed by atoms with Gasteiger partial charge in [0.2, 0.25) is 0 Å². The molecule has 106 valence electrons. The van der Waals surface area contributed by atoms with E-state index in [4.69, 9.17) is 11.6 Å². The summed E-state index contributed by atoms with van der Waals surface area (Å²) in [5.41, 5.74) is 0.713. The van der Waals surface area contributed by atoms with Crippen LogP contribution in [0.25, 0.3) is 0 Å². The maximum atomic E-state index is 12.4. The SMILES string of the molecule is Cc1cc(Cl)ccc1C(=O)NC1(C#N)CCCCCC1. The first-order chi connectivity index (χ1) is 9.56. The minimum Gasteiger partial charge on any atom is -0.334 e. The van der Waals surface area contributed by atoms with E-state index in [1.54, 1.807) is 18.2 Å². The standard InChI is InChI=1S/C16H19ClN2O/c1-12-10-13(17)6-7-14(12)15(20)19-16(11-18)8-4-2-3-5-9-16/h6-7,10H,2-5,8-9H2,1H3,(H,19,20). The Bertz CT molecular complexity index is 540. The van der Waals surface area contributed by atoms with Gasteiger partial charge in [0, 0.05) is 10.6 Å². The normalized spacial score (nSPS) is 17.9. The van der Waals surface area contributed by atoms with Crippen molar-refractivity contribution in [1.82, 2.24) is 5.32 Å². The number of carbonyl (C=O) groups excluding carboxylic acids is 1. The molecule has 3 nitrogen and oxygen atoms in total. The first kappa shape index (κ1) is 14.9. The Balaban J connectivity index is 2.18. The first-order valence-corrected chi connectivity index (χ1v) is 7.44. The molecule has 1 aromatic carbocycles. The Hall–Kier alpha value is -1.53. The van der Waals surface area contributed by atoms with Crippen LogP contribution in [0.2, 0.25) is 5.02 Å². The molecule has 0 aromatic heterocycles. The van der Waals surface area contributed by atoms with E-state index in [0.29, 0.717) is 10.6 Å². The summed E-state index contributed by atoms with van der Waals surface area (Å²) < 4.78 is 0. The van der Waals surface area contributed by atoms with Crippen molar-refractivity contribution in [1.29, 1.82) is 5.26 Å². The number of nitrogens with one attached hydrogen (secondary N) is 1. The molecule has 1 saturated carbocycles. The van der Waals surface area contributed by atoms with Gasteiger partial charge in [-0.15, -0.1) is 0 Å². The molecule has 0 spiro atoms. The van der Waals surface area contributed by atoms with Crippen LogP contribution in [0.1, 0.15) is 54.4 Å². The van der Waals surface area contributed by atoms with E-state index in [9.17, 15) is 10.1 Å². The lowest BCUT2D eigenvalue weighted by molar-refractivity contribution is 0.0912. The number of rotatable bonds is 2. The number of carbonyl (C=O) groups is 1. The monoisotopic (exact) mass is 290 g/mol. The molecule has 0 heterocycles. The van der Waals surface area contributed by atoms with Gasteiger partial charge in [0.15, 0.2) is 0 Å². The molecule has 1 amide bonds. The Morgan fingerprint density at radius 3 is 2.50 bits per heavy atom. The fourth-order valence-corrected chi connectivity index (χ4v) is 2.99. The Labute approximate surface area is 124 Å². The molecular formula is C16H19ClN2O. The summed E-state index contributed by atoms with van der Waals surface area (Å²) in [5, 5.41) is 13.1. The highest BCUT2D eigenvalue weighted by Gasteiger charge is 2.33. The maximum absolute atomic E-state index is 12.4. The third-order valence-corrected chi connectivity index (χ3v) is 4.19. The molecule has 1 N–H and O–H groups in total. The second-order valence-electron chi connectivity index (χ2n) is 5.52. The molecule has 0 radical (unpaired) electrons. The predicted octanol–water partition coefficient (Wildman–Crippen LogP) is 3.99. The van der Waals surface area contributed by atoms with Crippen molar-refractivity contribution < 1.29 is 4.79 Å². The van der Waals surface area contributed by atoms with Gasteiger partial charge in [-0.1, -0.05) is 37.3 Å². The largest absolute Gasteiger partial charge is 0.334 e. The van der Waals surface area contributed by atoms with E-state index < -0.39 is 5.54 Å². The number of nitriles is 1. The molecule has 0 bridgehead atoms. The lowest BCUT2D eigenvalue weighted by atomic mass is 9.91. The van der Waals surface area contributed by atoms with Crippen LogP contribution >= 0.6 is 11.6 Å². The lowest BCUT2D eigenvalue weighted by Gasteiger charge is -2.26. The van der Waals surface area contributed by atoms with Gasteiger partial charge in [-0.05, 0) is 43.5 Å². The van der Waals surface area contributed by atoms with Gasteiger partial charge >= 0.3 is 0 Å². The number of hydrogen-bond donors (Lipinski definition) is 1. The zero-order chi connectivity index (χ0) is 14.6. The summed E-state index contributed by atoms with van der Waals surface area (Å²) >= 11 is 5.91. The predicted molar refractivity (Wildman–Crippen MR) is 79.7 cm³/mol. The van der Waals surface area contributed by atoms with E-state index >= 15 is 0 Å². The lowest BCUT2D eigenvalue weighted by Crippen LogP contribution is -2.47. The van der Waals surface area contributed by atoms with Crippen molar-refractivity contribution in [2.45, 2.75) is 51.0 Å². The number of nitrogens with zero attached hydrogens (tertiary/aromatic N) is 1. The average Bonchev–Trinajstić information content (AvgIpc) is 2.64. The number of benzene rings is 1. The molecule has 0 aliphatic heterocycles. The fraction of sp³-hybridized carbons (Fsp3) is 0.500. The molecule has 1 fully saturated rings. The number of aryl methyl sites for hydroxylation is 1. The van der Waals surface area contributed by atoms with Crippen LogP contribution in [-0.2, 0) is 0 Å². The number of amides is 1. The summed E-state index contributed by atoms with van der Waals surface area (Å²) in [6.07, 6.45) is 5.74. The second-order valence-corrected chi connectivity index (χ2v) is 5.96. The van der Waals surface area contributed by atoms with E-state index in [1.807, 2.05) is 6.92 Å². The molecule has 0 unspecified atom stereocenters. The molecule has 1 aliphatic carbocycles. The maximum Gasteiger partial charge on any atom is 0.252 e. The van der Waals surface area contributed by atoms with Crippen LogP contribution in [0.5, 0.6) is 0 Å². The molecular weight excluding hydrogens is 272 g/mol. The minimum absolute atomic E-state index is 0.178. The number of halogens is 1. The van der Waals surface area contributed by atoms with Gasteiger partial charge < -0.3 is 5.32 Å². The van der Waals surface area contributed by atoms with E-state index in [2.05, 4.69) is 11.4 Å². The molecule has 20 heavy (non-hydrogen) atoms. The Morgan fingerprint density at radius 1 is 1.30 bits per heavy atom. The molecule has 0 saturated heterocycles. The van der Waals surface area contributed by atoms with Crippen molar-refractivity contribution in [3.63, 3.8) is 0 Å². The summed E-state index contributed by atoms with van der Waals surface area (Å²) in [5.74, 6) is -0.178. The van der Waals surface area contributed by atoms with Crippen molar-refractivity contribution in [3.8, 4) is 6.07 Å². The van der Waals surface area contributed by atoms with Gasteiger partial charge in [-0.2, -0.15) is 5.26 Å². The highest BCUT2D eigenvalue weighted by atomic mass is 35.5. The quantitative estimate of drug-likeness (QED) is 0.837. The van der Waals surface area contributed by atoms with Crippen molar-refractivity contribution in [3.05, 3.63) is 34.3 Å². The van der Waals surface area contributed by atoms with Gasteiger partial charge in [0.25, 0.3) is 5.91 Å². The van der Waals surface area contributed by atoms with Crippen LogP contribution < -0.4 is 5.32 Å². The van der Waals surface area contributed by atoms with E-state index in [0.717, 1.165) is 44.1 Å². The summed E-state index contributed by atoms with van der Waals surface area (Å²) in [4.78, 5) is 12.4. The Kier molecular flexibility index (Phi) is 4.67. The van der Waals surface area contributed by atoms with Crippen LogP contribution in [0.15, 0.2) is 18.2 Å². The molecule has 1 aliphatic rings. The van der Waals surface area contributed by atoms with Crippen LogP contribution in [-0.4, -0.2) is 11.4 Å². The smallest absolute Gasteiger partial charge is 0.252 e. The number of hydrogen-bond acceptors (Lipinski definition) is 2. The van der Waals surface area contributed by atoms with Crippen molar-refractivity contribution in [2.75, 3.05) is 0 Å². The topological polar surface area (TPSA) is 52.9 Å². The third kappa shape index (κ3) is 3.32. The van der Waals surface area contributed by atoms with Crippen LogP contribution in [0.4, 0.5) is 0 Å². The summed E-state index contributed by atoms with van der Waals surface area (Å²) in [7, 11) is 0. The third-order valence-electron chi connectivity index (χ3n) is 3.96. The van der Waals surface area contributed by atoms with Gasteiger partial charge in [0.1, 0.15) is 5.54 Å². The van der Waals surface area contributed by atoms with Crippen molar-refractivity contribution in [2.24, 2.45) is 0 Å². The zero-order valence-corrected chi connectivity index (χ0v) is 12.5. The second kappa shape index (κ2) is 6.28. The fourth-order valence-electron chi connectivity index (χ4n) is 2.76. The van der Waals surface area contributed by atoms with Crippen LogP contribution in [0.3, 0.4) is 0 Å². The molecule has 4 heteroatoms. The van der Waals surface area contributed by atoms with E-state index in [1.165, 1.54) is 0 Å². The molecule has 2 rings (SSSR count). The zero-order valence-electron chi connectivity index (χ0n) is 11.7. The van der Waals surface area contributed by atoms with Crippen LogP contribution in [0, 0.1) is 18.3 Å². The van der Waals surface area contributed by atoms with E-state index in [-0.39, 0.29) is 5.91 Å². The molecule has 1 aromatic rings. The average molecular weight is 291 g/mol. The van der Waals surface area contributed by atoms with Gasteiger partial charge in [-0.3, -0.25) is 4.79 Å². The highest BCUT2D eigenvalue weighted by molar-refractivity contribution is 6.30. The minimum atomic E-state index is -0.709. The van der Waals surface area contributed by atoms with Gasteiger partial charge in [-0.25, -0.2) is 0 Å². The summed E-state index contributed by atoms with van der Waals surface area (Å²) in [6, 6.07) is 7.52.